The molecule has 0 bridgehead atoms. The number of hydrogen-bond acceptors (Lipinski definition) is 3. The van der Waals surface area contributed by atoms with Gasteiger partial charge >= 0.3 is 0 Å². The lowest BCUT2D eigenvalue weighted by Crippen LogP contribution is -2.30. The van der Waals surface area contributed by atoms with Gasteiger partial charge in [-0.25, -0.2) is 0 Å². The molecular weight excluding hydrogens is 354 g/mol. The van der Waals surface area contributed by atoms with Gasteiger partial charge in [0, 0.05) is 35.6 Å². The van der Waals surface area contributed by atoms with E-state index in [1.165, 1.54) is 6.92 Å². The first-order valence-electron chi connectivity index (χ1n) is 9.76. The first-order valence-corrected chi connectivity index (χ1v) is 9.76. The Morgan fingerprint density at radius 3 is 2.36 bits per heavy atom. The molecule has 0 unspecified atom stereocenters. The van der Waals surface area contributed by atoms with Crippen LogP contribution in [0.4, 0.5) is 5.69 Å². The topological polar surface area (TPSA) is 82.3 Å². The number of Topliss-reactive ketones (excluding diaryl/α,β-unsaturated/α-hetero) is 1. The van der Waals surface area contributed by atoms with Crippen LogP contribution in [0.2, 0.25) is 0 Å². The maximum atomic E-state index is 12.9. The van der Waals surface area contributed by atoms with E-state index >= 15 is 0 Å². The zero-order chi connectivity index (χ0) is 20.8. The molecule has 2 rings (SSSR count). The molecule has 0 saturated heterocycles. The number of nitrogens with zero attached hydrogens (tertiary/aromatic N) is 1. The van der Waals surface area contributed by atoms with Crippen LogP contribution < -0.4 is 5.32 Å². The molecule has 0 spiro atoms. The van der Waals surface area contributed by atoms with Crippen molar-refractivity contribution in [1.82, 2.24) is 9.88 Å². The summed E-state index contributed by atoms with van der Waals surface area (Å²) < 4.78 is 0. The third-order valence-corrected chi connectivity index (χ3v) is 4.79. The molecule has 0 fully saturated rings. The molecular formula is C22H29N3O3. The summed E-state index contributed by atoms with van der Waals surface area (Å²) in [7, 11) is 0. The molecule has 28 heavy (non-hydrogen) atoms. The average molecular weight is 383 g/mol. The number of benzene rings is 1. The summed E-state index contributed by atoms with van der Waals surface area (Å²) in [6.07, 6.45) is 1.47. The van der Waals surface area contributed by atoms with E-state index in [1.807, 2.05) is 20.8 Å². The number of amides is 2. The van der Waals surface area contributed by atoms with Gasteiger partial charge in [0.1, 0.15) is 5.69 Å². The van der Waals surface area contributed by atoms with Gasteiger partial charge < -0.3 is 15.2 Å². The van der Waals surface area contributed by atoms with Crippen LogP contribution in [0, 0.1) is 6.92 Å². The molecule has 1 heterocycles. The van der Waals surface area contributed by atoms with Crippen LogP contribution >= 0.6 is 0 Å². The van der Waals surface area contributed by atoms with Crippen molar-refractivity contribution >= 4 is 23.3 Å². The van der Waals surface area contributed by atoms with Crippen LogP contribution in [0.1, 0.15) is 76.6 Å². The van der Waals surface area contributed by atoms with E-state index in [0.717, 1.165) is 12.0 Å². The molecule has 0 aliphatic carbocycles. The molecule has 2 amide bonds. The minimum atomic E-state index is -0.313. The summed E-state index contributed by atoms with van der Waals surface area (Å²) in [5.41, 5.74) is 3.53. The summed E-state index contributed by atoms with van der Waals surface area (Å²) in [5, 5.41) is 2.85. The van der Waals surface area contributed by atoms with Gasteiger partial charge in [0.05, 0.1) is 0 Å². The SMILES string of the molecule is CCCc1c(C(=O)Nc2cccc(C(=O)N(CC)CC)c2)[nH]c(C)c1C(C)=O. The van der Waals surface area contributed by atoms with Gasteiger partial charge in [0.15, 0.2) is 5.78 Å². The number of H-pyrrole nitrogens is 1. The zero-order valence-corrected chi connectivity index (χ0v) is 17.3. The standard InChI is InChI=1S/C22H29N3O3/c1-6-10-18-19(15(5)26)14(4)23-20(18)21(27)24-17-12-9-11-16(13-17)22(28)25(7-2)8-3/h9,11-13,23H,6-8,10H2,1-5H3,(H,24,27). The maximum absolute atomic E-state index is 12.9. The maximum Gasteiger partial charge on any atom is 0.272 e. The Kier molecular flexibility index (Phi) is 7.15. The van der Waals surface area contributed by atoms with Crippen LogP contribution in [-0.4, -0.2) is 40.6 Å². The first-order chi connectivity index (χ1) is 13.3. The Labute approximate surface area is 166 Å². The quantitative estimate of drug-likeness (QED) is 0.670. The highest BCUT2D eigenvalue weighted by molar-refractivity contribution is 6.08. The Hall–Kier alpha value is -2.89. The van der Waals surface area contributed by atoms with E-state index in [4.69, 9.17) is 0 Å². The van der Waals surface area contributed by atoms with Crippen molar-refractivity contribution < 1.29 is 14.4 Å². The smallest absolute Gasteiger partial charge is 0.272 e. The molecule has 2 aromatic rings. The van der Waals surface area contributed by atoms with Gasteiger partial charge in [-0.05, 0) is 57.9 Å². The third-order valence-electron chi connectivity index (χ3n) is 4.79. The highest BCUT2D eigenvalue weighted by atomic mass is 16.2. The fraction of sp³-hybridized carbons (Fsp3) is 0.409. The Balaban J connectivity index is 2.31. The van der Waals surface area contributed by atoms with Gasteiger partial charge in [-0.2, -0.15) is 0 Å². The summed E-state index contributed by atoms with van der Waals surface area (Å²) in [6, 6.07) is 6.92. The molecule has 1 aromatic carbocycles. The highest BCUT2D eigenvalue weighted by Gasteiger charge is 2.22. The lowest BCUT2D eigenvalue weighted by Gasteiger charge is -2.19. The lowest BCUT2D eigenvalue weighted by atomic mass is 10.0. The van der Waals surface area contributed by atoms with Crippen molar-refractivity contribution in [3.05, 3.63) is 52.3 Å². The molecule has 0 saturated carbocycles. The Morgan fingerprint density at radius 2 is 1.79 bits per heavy atom. The second-order valence-electron chi connectivity index (χ2n) is 6.80. The highest BCUT2D eigenvalue weighted by Crippen LogP contribution is 2.23. The average Bonchev–Trinajstić information content (AvgIpc) is 2.99. The Bertz CT molecular complexity index is 879. The molecule has 0 atom stereocenters. The van der Waals surface area contributed by atoms with E-state index in [9.17, 15) is 14.4 Å². The van der Waals surface area contributed by atoms with Gasteiger partial charge in [-0.3, -0.25) is 14.4 Å². The van der Waals surface area contributed by atoms with E-state index in [1.54, 1.807) is 36.1 Å². The van der Waals surface area contributed by atoms with Crippen molar-refractivity contribution in [2.24, 2.45) is 0 Å². The van der Waals surface area contributed by atoms with E-state index in [0.29, 0.717) is 47.7 Å². The van der Waals surface area contributed by atoms with E-state index in [2.05, 4.69) is 10.3 Å². The van der Waals surface area contributed by atoms with Crippen LogP contribution in [0.25, 0.3) is 0 Å². The first kappa shape index (κ1) is 21.4. The molecule has 2 N–H and O–H groups in total. The second-order valence-corrected chi connectivity index (χ2v) is 6.80. The number of ketones is 1. The van der Waals surface area contributed by atoms with Crippen LogP contribution in [0.15, 0.2) is 24.3 Å². The predicted molar refractivity (Wildman–Crippen MR) is 111 cm³/mol. The van der Waals surface area contributed by atoms with Gasteiger partial charge in [-0.1, -0.05) is 19.4 Å². The minimum Gasteiger partial charge on any atom is -0.354 e. The van der Waals surface area contributed by atoms with Gasteiger partial charge in [0.2, 0.25) is 0 Å². The van der Waals surface area contributed by atoms with E-state index in [-0.39, 0.29) is 17.6 Å². The number of aromatic nitrogens is 1. The van der Waals surface area contributed by atoms with Gasteiger partial charge in [-0.15, -0.1) is 0 Å². The number of anilines is 1. The zero-order valence-electron chi connectivity index (χ0n) is 17.3. The van der Waals surface area contributed by atoms with Crippen molar-refractivity contribution in [2.45, 2.75) is 47.5 Å². The number of rotatable bonds is 8. The summed E-state index contributed by atoms with van der Waals surface area (Å²) in [5.74, 6) is -0.433. The lowest BCUT2D eigenvalue weighted by molar-refractivity contribution is 0.0772. The molecule has 150 valence electrons. The normalized spacial score (nSPS) is 10.6. The van der Waals surface area contributed by atoms with Crippen molar-refractivity contribution in [2.75, 3.05) is 18.4 Å². The molecule has 0 aliphatic heterocycles. The number of carbonyl (C=O) groups excluding carboxylic acids is 3. The fourth-order valence-corrected chi connectivity index (χ4v) is 3.46. The molecule has 0 radical (unpaired) electrons. The number of carbonyl (C=O) groups is 3. The number of nitrogens with one attached hydrogen (secondary N) is 2. The third kappa shape index (κ3) is 4.50. The fourth-order valence-electron chi connectivity index (χ4n) is 3.46. The molecule has 1 aromatic heterocycles. The van der Waals surface area contributed by atoms with Crippen LogP contribution in [0.3, 0.4) is 0 Å². The Morgan fingerprint density at radius 1 is 1.11 bits per heavy atom. The predicted octanol–water partition coefficient (Wildman–Crippen LogP) is 4.21. The van der Waals surface area contributed by atoms with Crippen molar-refractivity contribution in [3.63, 3.8) is 0 Å². The molecule has 6 heteroatoms. The molecule has 0 aliphatic rings. The number of aryl methyl sites for hydroxylation is 1. The van der Waals surface area contributed by atoms with Crippen molar-refractivity contribution in [3.8, 4) is 0 Å². The minimum absolute atomic E-state index is 0.0527. The number of aromatic amines is 1. The second kappa shape index (κ2) is 9.35. The van der Waals surface area contributed by atoms with Gasteiger partial charge in [0.25, 0.3) is 11.8 Å². The summed E-state index contributed by atoms with van der Waals surface area (Å²) in [4.78, 5) is 42.2. The van der Waals surface area contributed by atoms with Crippen LogP contribution in [-0.2, 0) is 6.42 Å². The monoisotopic (exact) mass is 383 g/mol. The molecule has 6 nitrogen and oxygen atoms in total. The van der Waals surface area contributed by atoms with Crippen LogP contribution in [0.5, 0.6) is 0 Å². The largest absolute Gasteiger partial charge is 0.354 e. The van der Waals surface area contributed by atoms with E-state index < -0.39 is 0 Å². The van der Waals surface area contributed by atoms with Crippen molar-refractivity contribution in [1.29, 1.82) is 0 Å². The number of hydrogen-bond donors (Lipinski definition) is 2. The summed E-state index contributed by atoms with van der Waals surface area (Å²) >= 11 is 0. The summed E-state index contributed by atoms with van der Waals surface area (Å²) in [6.45, 7) is 10.4.